The Labute approximate surface area is 115 Å². The van der Waals surface area contributed by atoms with Crippen molar-refractivity contribution >= 4 is 0 Å². The average molecular weight is 266 g/mol. The molecule has 0 amide bonds. The minimum atomic E-state index is 0.0749. The van der Waals surface area contributed by atoms with Gasteiger partial charge in [-0.1, -0.05) is 13.8 Å². The van der Waals surface area contributed by atoms with Crippen LogP contribution in [-0.4, -0.2) is 47.3 Å². The quantitative estimate of drug-likeness (QED) is 0.842. The second-order valence-corrected chi connectivity index (χ2v) is 5.59. The third-order valence-corrected chi connectivity index (χ3v) is 3.78. The lowest BCUT2D eigenvalue weighted by atomic mass is 10.0. The molecule has 1 aromatic rings. The summed E-state index contributed by atoms with van der Waals surface area (Å²) >= 11 is 0. The van der Waals surface area contributed by atoms with Crippen LogP contribution in [0.4, 0.5) is 0 Å². The number of hydrogen-bond acceptors (Lipinski definition) is 4. The fourth-order valence-electron chi connectivity index (χ4n) is 2.43. The summed E-state index contributed by atoms with van der Waals surface area (Å²) in [6, 6.07) is 0.0749. The van der Waals surface area contributed by atoms with Crippen LogP contribution < -0.4 is 5.73 Å². The summed E-state index contributed by atoms with van der Waals surface area (Å²) in [5, 5.41) is 0. The second kappa shape index (κ2) is 7.03. The largest absolute Gasteiger partial charge is 0.379 e. The van der Waals surface area contributed by atoms with Crippen molar-refractivity contribution < 1.29 is 4.74 Å². The molecular weight excluding hydrogens is 240 g/mol. The molecule has 0 radical (unpaired) electrons. The standard InChI is InChI=1S/C14H26N4O/c1-12(2)14(15)13-10-16-11-18(13)5-3-4-17-6-8-19-9-7-17/h10-12,14H,3-9,15H2,1-2H3. The molecule has 1 atom stereocenters. The predicted molar refractivity (Wildman–Crippen MR) is 75.9 cm³/mol. The molecule has 1 saturated heterocycles. The van der Waals surface area contributed by atoms with E-state index < -0.39 is 0 Å². The van der Waals surface area contributed by atoms with E-state index in [1.165, 1.54) is 0 Å². The van der Waals surface area contributed by atoms with Gasteiger partial charge in [0.1, 0.15) is 0 Å². The van der Waals surface area contributed by atoms with Crippen LogP contribution in [0.2, 0.25) is 0 Å². The van der Waals surface area contributed by atoms with Gasteiger partial charge in [-0.3, -0.25) is 4.90 Å². The Kier molecular flexibility index (Phi) is 5.36. The van der Waals surface area contributed by atoms with Crippen LogP contribution in [0.25, 0.3) is 0 Å². The third-order valence-electron chi connectivity index (χ3n) is 3.78. The number of nitrogens with zero attached hydrogens (tertiary/aromatic N) is 3. The lowest BCUT2D eigenvalue weighted by molar-refractivity contribution is 0.0369. The SMILES string of the molecule is CC(C)C(N)c1cncn1CCCN1CCOCC1. The highest BCUT2D eigenvalue weighted by molar-refractivity contribution is 5.05. The number of aryl methyl sites for hydroxylation is 1. The van der Waals surface area contributed by atoms with Gasteiger partial charge in [0.05, 0.1) is 25.2 Å². The molecule has 1 fully saturated rings. The molecule has 0 saturated carbocycles. The number of hydrogen-bond donors (Lipinski definition) is 1. The van der Waals surface area contributed by atoms with Gasteiger partial charge in [-0.15, -0.1) is 0 Å². The number of morpholine rings is 1. The van der Waals surface area contributed by atoms with Gasteiger partial charge in [0.15, 0.2) is 0 Å². The summed E-state index contributed by atoms with van der Waals surface area (Å²) in [5.74, 6) is 0.440. The molecule has 2 heterocycles. The maximum absolute atomic E-state index is 6.21. The summed E-state index contributed by atoms with van der Waals surface area (Å²) in [4.78, 5) is 6.70. The number of imidazole rings is 1. The van der Waals surface area contributed by atoms with Crippen LogP contribution in [0.15, 0.2) is 12.5 Å². The van der Waals surface area contributed by atoms with E-state index in [2.05, 4.69) is 28.3 Å². The highest BCUT2D eigenvalue weighted by atomic mass is 16.5. The first-order valence-corrected chi connectivity index (χ1v) is 7.24. The van der Waals surface area contributed by atoms with Crippen molar-refractivity contribution in [2.24, 2.45) is 11.7 Å². The van der Waals surface area contributed by atoms with Crippen LogP contribution in [0.1, 0.15) is 32.0 Å². The van der Waals surface area contributed by atoms with E-state index in [1.807, 2.05) is 12.5 Å². The molecular formula is C14H26N4O. The van der Waals surface area contributed by atoms with Gasteiger partial charge in [0.2, 0.25) is 0 Å². The average Bonchev–Trinajstić information content (AvgIpc) is 2.87. The molecule has 0 spiro atoms. The van der Waals surface area contributed by atoms with E-state index in [0.717, 1.165) is 51.5 Å². The number of nitrogens with two attached hydrogens (primary N) is 1. The second-order valence-electron chi connectivity index (χ2n) is 5.59. The van der Waals surface area contributed by atoms with Gasteiger partial charge < -0.3 is 15.0 Å². The third kappa shape index (κ3) is 4.03. The van der Waals surface area contributed by atoms with Gasteiger partial charge in [-0.2, -0.15) is 0 Å². The molecule has 1 aliphatic heterocycles. The summed E-state index contributed by atoms with van der Waals surface area (Å²) in [5.41, 5.74) is 7.36. The first kappa shape index (κ1) is 14.5. The van der Waals surface area contributed by atoms with Crippen LogP contribution in [0.5, 0.6) is 0 Å². The molecule has 108 valence electrons. The molecule has 1 aliphatic rings. The fraction of sp³-hybridized carbons (Fsp3) is 0.786. The molecule has 2 N–H and O–H groups in total. The Morgan fingerprint density at radius 3 is 2.74 bits per heavy atom. The Bertz CT molecular complexity index is 371. The van der Waals surface area contributed by atoms with Crippen molar-refractivity contribution in [1.29, 1.82) is 0 Å². The molecule has 5 heteroatoms. The van der Waals surface area contributed by atoms with Gasteiger partial charge in [0.25, 0.3) is 0 Å². The van der Waals surface area contributed by atoms with Crippen molar-refractivity contribution in [2.75, 3.05) is 32.8 Å². The minimum Gasteiger partial charge on any atom is -0.379 e. The number of ether oxygens (including phenoxy) is 1. The lowest BCUT2D eigenvalue weighted by Crippen LogP contribution is -2.37. The van der Waals surface area contributed by atoms with Gasteiger partial charge in [-0.05, 0) is 12.3 Å². The molecule has 2 rings (SSSR count). The lowest BCUT2D eigenvalue weighted by Gasteiger charge is -2.26. The van der Waals surface area contributed by atoms with Crippen molar-refractivity contribution in [1.82, 2.24) is 14.5 Å². The maximum Gasteiger partial charge on any atom is 0.0948 e. The first-order valence-electron chi connectivity index (χ1n) is 7.24. The minimum absolute atomic E-state index is 0.0749. The van der Waals surface area contributed by atoms with E-state index in [4.69, 9.17) is 10.5 Å². The highest BCUT2D eigenvalue weighted by Crippen LogP contribution is 2.18. The topological polar surface area (TPSA) is 56.3 Å². The monoisotopic (exact) mass is 266 g/mol. The van der Waals surface area contributed by atoms with E-state index >= 15 is 0 Å². The zero-order valence-electron chi connectivity index (χ0n) is 12.1. The molecule has 0 bridgehead atoms. The Hall–Kier alpha value is -0.910. The van der Waals surface area contributed by atoms with Crippen molar-refractivity contribution in [2.45, 2.75) is 32.9 Å². The number of aromatic nitrogens is 2. The van der Waals surface area contributed by atoms with Crippen molar-refractivity contribution in [3.63, 3.8) is 0 Å². The molecule has 1 aromatic heterocycles. The summed E-state index contributed by atoms with van der Waals surface area (Å²) < 4.78 is 7.55. The van der Waals surface area contributed by atoms with Crippen molar-refractivity contribution in [3.05, 3.63) is 18.2 Å². The molecule has 1 unspecified atom stereocenters. The van der Waals surface area contributed by atoms with E-state index in [0.29, 0.717) is 5.92 Å². The van der Waals surface area contributed by atoms with E-state index in [-0.39, 0.29) is 6.04 Å². The van der Waals surface area contributed by atoms with E-state index in [9.17, 15) is 0 Å². The van der Waals surface area contributed by atoms with Gasteiger partial charge >= 0.3 is 0 Å². The Morgan fingerprint density at radius 2 is 2.05 bits per heavy atom. The zero-order chi connectivity index (χ0) is 13.7. The summed E-state index contributed by atoms with van der Waals surface area (Å²) in [6.45, 7) is 10.3. The first-order chi connectivity index (χ1) is 9.18. The zero-order valence-corrected chi connectivity index (χ0v) is 12.1. The van der Waals surface area contributed by atoms with Crippen LogP contribution in [0.3, 0.4) is 0 Å². The molecule has 0 aromatic carbocycles. The Balaban J connectivity index is 1.81. The fourth-order valence-corrected chi connectivity index (χ4v) is 2.43. The predicted octanol–water partition coefficient (Wildman–Crippen LogP) is 1.26. The molecule has 0 aliphatic carbocycles. The molecule has 5 nitrogen and oxygen atoms in total. The van der Waals surface area contributed by atoms with Crippen LogP contribution >= 0.6 is 0 Å². The summed E-state index contributed by atoms with van der Waals surface area (Å²) in [7, 11) is 0. The van der Waals surface area contributed by atoms with Crippen LogP contribution in [-0.2, 0) is 11.3 Å². The summed E-state index contributed by atoms with van der Waals surface area (Å²) in [6.07, 6.45) is 4.93. The van der Waals surface area contributed by atoms with Gasteiger partial charge in [-0.25, -0.2) is 4.98 Å². The van der Waals surface area contributed by atoms with E-state index in [1.54, 1.807) is 0 Å². The van der Waals surface area contributed by atoms with Gasteiger partial charge in [0, 0.05) is 38.4 Å². The normalized spacial score (nSPS) is 18.9. The highest BCUT2D eigenvalue weighted by Gasteiger charge is 2.15. The molecule has 19 heavy (non-hydrogen) atoms. The maximum atomic E-state index is 6.21. The Morgan fingerprint density at radius 1 is 1.32 bits per heavy atom. The van der Waals surface area contributed by atoms with Crippen LogP contribution in [0, 0.1) is 5.92 Å². The van der Waals surface area contributed by atoms with Crippen molar-refractivity contribution in [3.8, 4) is 0 Å². The smallest absolute Gasteiger partial charge is 0.0948 e. The number of rotatable bonds is 6.